The van der Waals surface area contributed by atoms with Crippen LogP contribution in [0.4, 0.5) is 5.69 Å². The monoisotopic (exact) mass is 284 g/mol. The van der Waals surface area contributed by atoms with E-state index in [0.717, 1.165) is 27.6 Å². The van der Waals surface area contributed by atoms with E-state index in [1.807, 2.05) is 29.6 Å². The molecule has 0 saturated heterocycles. The van der Waals surface area contributed by atoms with Gasteiger partial charge in [-0.3, -0.25) is 0 Å². The van der Waals surface area contributed by atoms with Crippen molar-refractivity contribution in [1.29, 1.82) is 0 Å². The third-order valence-electron chi connectivity index (χ3n) is 2.78. The van der Waals surface area contributed by atoms with E-state index < -0.39 is 0 Å². The molecule has 0 aliphatic rings. The molecular formula is C14H12N4OS. The molecule has 2 N–H and O–H groups in total. The van der Waals surface area contributed by atoms with Crippen LogP contribution in [0.25, 0.3) is 22.0 Å². The number of anilines is 1. The average Bonchev–Trinajstić information content (AvgIpc) is 2.98. The first-order valence-corrected chi connectivity index (χ1v) is 6.82. The lowest BCUT2D eigenvalue weighted by molar-refractivity contribution is 0.397. The zero-order chi connectivity index (χ0) is 13.9. The molecule has 1 aromatic carbocycles. The Morgan fingerprint density at radius 1 is 1.10 bits per heavy atom. The normalized spacial score (nSPS) is 10.4. The van der Waals surface area contributed by atoms with Gasteiger partial charge in [-0.05, 0) is 12.1 Å². The van der Waals surface area contributed by atoms with Crippen molar-refractivity contribution in [1.82, 2.24) is 15.0 Å². The number of hydrogen-bond acceptors (Lipinski definition) is 6. The van der Waals surface area contributed by atoms with Gasteiger partial charge in [0.25, 0.3) is 0 Å². The highest BCUT2D eigenvalue weighted by Crippen LogP contribution is 2.28. The number of nitrogen functional groups attached to an aromatic ring is 1. The lowest BCUT2D eigenvalue weighted by Crippen LogP contribution is -1.90. The molecule has 2 aromatic heterocycles. The van der Waals surface area contributed by atoms with Crippen LogP contribution in [-0.2, 0) is 0 Å². The molecule has 0 aliphatic heterocycles. The second-order valence-electron chi connectivity index (χ2n) is 4.11. The summed E-state index contributed by atoms with van der Waals surface area (Å²) < 4.78 is 5.09. The van der Waals surface area contributed by atoms with E-state index in [1.165, 1.54) is 17.7 Å². The number of hydrogen-bond donors (Lipinski definition) is 1. The number of nitrogens with two attached hydrogens (primary N) is 1. The van der Waals surface area contributed by atoms with Crippen molar-refractivity contribution in [2.45, 2.75) is 0 Å². The second-order valence-corrected chi connectivity index (χ2v) is 4.96. The first-order chi connectivity index (χ1) is 9.76. The fourth-order valence-corrected chi connectivity index (χ4v) is 2.54. The van der Waals surface area contributed by atoms with Crippen molar-refractivity contribution in [3.8, 4) is 27.8 Å². The Labute approximate surface area is 120 Å². The lowest BCUT2D eigenvalue weighted by atomic mass is 10.1. The Hall–Kier alpha value is -2.47. The molecule has 0 aliphatic carbocycles. The van der Waals surface area contributed by atoms with Gasteiger partial charge in [0.05, 0.1) is 12.8 Å². The number of ether oxygens (including phenoxy) is 1. The zero-order valence-corrected chi connectivity index (χ0v) is 11.6. The molecule has 0 spiro atoms. The maximum Gasteiger partial charge on any atom is 0.216 e. The number of thiazole rings is 1. The van der Waals surface area contributed by atoms with E-state index in [9.17, 15) is 0 Å². The van der Waals surface area contributed by atoms with Crippen LogP contribution in [0.3, 0.4) is 0 Å². The number of aromatic nitrogens is 3. The summed E-state index contributed by atoms with van der Waals surface area (Å²) in [4.78, 5) is 12.8. The number of rotatable bonds is 3. The van der Waals surface area contributed by atoms with Gasteiger partial charge >= 0.3 is 0 Å². The van der Waals surface area contributed by atoms with Crippen LogP contribution in [0, 0.1) is 0 Å². The fourth-order valence-electron chi connectivity index (χ4n) is 1.75. The molecule has 0 unspecified atom stereocenters. The largest absolute Gasteiger partial charge is 0.481 e. The standard InChI is InChI=1S/C14H12N4OS/c1-19-13-6-11(16-8-17-13)14-18-12(7-20-14)9-2-4-10(15)5-3-9/h2-8H,15H2,1H3. The molecule has 0 radical (unpaired) electrons. The molecule has 0 bridgehead atoms. The first-order valence-electron chi connectivity index (χ1n) is 5.94. The zero-order valence-electron chi connectivity index (χ0n) is 10.8. The van der Waals surface area contributed by atoms with Crippen molar-refractivity contribution < 1.29 is 4.74 Å². The van der Waals surface area contributed by atoms with Crippen LogP contribution in [0.2, 0.25) is 0 Å². The molecule has 3 rings (SSSR count). The first kappa shape index (κ1) is 12.6. The molecule has 5 nitrogen and oxygen atoms in total. The van der Waals surface area contributed by atoms with Crippen LogP contribution in [0.1, 0.15) is 0 Å². The minimum atomic E-state index is 0.527. The summed E-state index contributed by atoms with van der Waals surface area (Å²) in [6, 6.07) is 9.40. The van der Waals surface area contributed by atoms with E-state index >= 15 is 0 Å². The van der Waals surface area contributed by atoms with Gasteiger partial charge in [-0.25, -0.2) is 15.0 Å². The van der Waals surface area contributed by atoms with Crippen LogP contribution >= 0.6 is 11.3 Å². The number of nitrogens with zero attached hydrogens (tertiary/aromatic N) is 3. The van der Waals surface area contributed by atoms with Gasteiger partial charge in [0.2, 0.25) is 5.88 Å². The Bertz CT molecular complexity index is 724. The Morgan fingerprint density at radius 2 is 1.90 bits per heavy atom. The van der Waals surface area contributed by atoms with E-state index in [4.69, 9.17) is 10.5 Å². The maximum atomic E-state index is 5.68. The highest BCUT2D eigenvalue weighted by atomic mass is 32.1. The third-order valence-corrected chi connectivity index (χ3v) is 3.65. The molecule has 100 valence electrons. The van der Waals surface area contributed by atoms with Crippen molar-refractivity contribution in [3.05, 3.63) is 42.0 Å². The SMILES string of the molecule is COc1cc(-c2nc(-c3ccc(N)cc3)cs2)ncn1. The molecule has 6 heteroatoms. The van der Waals surface area contributed by atoms with Crippen LogP contribution < -0.4 is 10.5 Å². The molecule has 0 fully saturated rings. The number of benzene rings is 1. The van der Waals surface area contributed by atoms with Gasteiger partial charge in [-0.1, -0.05) is 12.1 Å². The molecule has 20 heavy (non-hydrogen) atoms. The second kappa shape index (κ2) is 5.26. The predicted octanol–water partition coefficient (Wildman–Crippen LogP) is 2.86. The minimum absolute atomic E-state index is 0.527. The van der Waals surface area contributed by atoms with Crippen molar-refractivity contribution in [3.63, 3.8) is 0 Å². The molecule has 0 saturated carbocycles. The molecular weight excluding hydrogens is 272 g/mol. The van der Waals surface area contributed by atoms with Gasteiger partial charge in [0.1, 0.15) is 17.0 Å². The molecule has 3 aromatic rings. The summed E-state index contributed by atoms with van der Waals surface area (Å²) in [5.41, 5.74) is 9.11. The Balaban J connectivity index is 1.95. The van der Waals surface area contributed by atoms with Crippen LogP contribution in [-0.4, -0.2) is 22.1 Å². The molecule has 0 atom stereocenters. The summed E-state index contributed by atoms with van der Waals surface area (Å²) in [7, 11) is 1.58. The molecule has 2 heterocycles. The van der Waals surface area contributed by atoms with E-state index in [1.54, 1.807) is 13.2 Å². The van der Waals surface area contributed by atoms with Crippen LogP contribution in [0.15, 0.2) is 42.0 Å². The summed E-state index contributed by atoms with van der Waals surface area (Å²) in [6.45, 7) is 0. The highest BCUT2D eigenvalue weighted by Gasteiger charge is 2.09. The van der Waals surface area contributed by atoms with Crippen LogP contribution in [0.5, 0.6) is 5.88 Å². The van der Waals surface area contributed by atoms with Gasteiger partial charge in [-0.15, -0.1) is 11.3 Å². The van der Waals surface area contributed by atoms with Crippen molar-refractivity contribution in [2.24, 2.45) is 0 Å². The Morgan fingerprint density at radius 3 is 2.65 bits per heavy atom. The average molecular weight is 284 g/mol. The lowest BCUT2D eigenvalue weighted by Gasteiger charge is -1.99. The van der Waals surface area contributed by atoms with Gasteiger partial charge in [-0.2, -0.15) is 0 Å². The van der Waals surface area contributed by atoms with E-state index in [-0.39, 0.29) is 0 Å². The summed E-state index contributed by atoms with van der Waals surface area (Å²) in [5, 5.41) is 2.83. The third kappa shape index (κ3) is 2.46. The van der Waals surface area contributed by atoms with Gasteiger partial charge in [0, 0.05) is 22.7 Å². The summed E-state index contributed by atoms with van der Waals surface area (Å²) >= 11 is 1.53. The fraction of sp³-hybridized carbons (Fsp3) is 0.0714. The minimum Gasteiger partial charge on any atom is -0.481 e. The summed E-state index contributed by atoms with van der Waals surface area (Å²) in [5.74, 6) is 0.527. The van der Waals surface area contributed by atoms with Gasteiger partial charge < -0.3 is 10.5 Å². The molecule has 0 amide bonds. The van der Waals surface area contributed by atoms with E-state index in [2.05, 4.69) is 15.0 Å². The maximum absolute atomic E-state index is 5.68. The quantitative estimate of drug-likeness (QED) is 0.749. The predicted molar refractivity (Wildman–Crippen MR) is 79.5 cm³/mol. The van der Waals surface area contributed by atoms with Gasteiger partial charge in [0.15, 0.2) is 0 Å². The Kier molecular flexibility index (Phi) is 3.30. The van der Waals surface area contributed by atoms with E-state index in [0.29, 0.717) is 5.88 Å². The number of methoxy groups -OCH3 is 1. The van der Waals surface area contributed by atoms with Crippen molar-refractivity contribution in [2.75, 3.05) is 12.8 Å². The topological polar surface area (TPSA) is 73.9 Å². The highest BCUT2D eigenvalue weighted by molar-refractivity contribution is 7.13. The van der Waals surface area contributed by atoms with Crippen molar-refractivity contribution >= 4 is 17.0 Å². The summed E-state index contributed by atoms with van der Waals surface area (Å²) in [6.07, 6.45) is 1.47. The smallest absolute Gasteiger partial charge is 0.216 e.